The van der Waals surface area contributed by atoms with Crippen LogP contribution in [0.4, 0.5) is 6.01 Å². The minimum Gasteiger partial charge on any atom is -0.461 e. The van der Waals surface area contributed by atoms with Crippen LogP contribution >= 0.6 is 0 Å². The maximum atomic E-state index is 11.3. The Morgan fingerprint density at radius 3 is 2.94 bits per heavy atom. The second-order valence-corrected chi connectivity index (χ2v) is 3.95. The predicted octanol–water partition coefficient (Wildman–Crippen LogP) is 1.21. The molecule has 1 atom stereocenters. The van der Waals surface area contributed by atoms with Crippen molar-refractivity contribution in [3.05, 3.63) is 12.0 Å². The number of hydrogen-bond donors (Lipinski definition) is 1. The SMILES string of the molecule is CCOC(=O)c1coc(NCC(C)N(C)C)n1. The summed E-state index contributed by atoms with van der Waals surface area (Å²) < 4.78 is 9.93. The van der Waals surface area contributed by atoms with Crippen molar-refractivity contribution >= 4 is 12.0 Å². The third kappa shape index (κ3) is 4.07. The van der Waals surface area contributed by atoms with Gasteiger partial charge in [0.05, 0.1) is 6.61 Å². The van der Waals surface area contributed by atoms with Crippen molar-refractivity contribution in [3.63, 3.8) is 0 Å². The molecule has 1 aromatic rings. The molecule has 0 saturated heterocycles. The van der Waals surface area contributed by atoms with Crippen molar-refractivity contribution < 1.29 is 13.9 Å². The van der Waals surface area contributed by atoms with Crippen LogP contribution in [-0.4, -0.2) is 49.1 Å². The molecule has 6 nitrogen and oxygen atoms in total. The van der Waals surface area contributed by atoms with Crippen molar-refractivity contribution in [2.24, 2.45) is 0 Å². The van der Waals surface area contributed by atoms with Gasteiger partial charge >= 0.3 is 5.97 Å². The van der Waals surface area contributed by atoms with E-state index in [1.165, 1.54) is 6.26 Å². The number of aromatic nitrogens is 1. The molecule has 0 aliphatic carbocycles. The van der Waals surface area contributed by atoms with E-state index in [9.17, 15) is 4.79 Å². The number of rotatable bonds is 6. The molecule has 0 aromatic carbocycles. The highest BCUT2D eigenvalue weighted by molar-refractivity contribution is 5.87. The summed E-state index contributed by atoms with van der Waals surface area (Å²) in [5.41, 5.74) is 0.187. The average molecular weight is 241 g/mol. The Hall–Kier alpha value is -1.56. The van der Waals surface area contributed by atoms with E-state index in [-0.39, 0.29) is 5.69 Å². The first-order chi connectivity index (χ1) is 8.04. The number of anilines is 1. The number of likely N-dealkylation sites (N-methyl/N-ethyl adjacent to an activating group) is 1. The fourth-order valence-corrected chi connectivity index (χ4v) is 1.07. The van der Waals surface area contributed by atoms with Gasteiger partial charge in [0.1, 0.15) is 6.26 Å². The Morgan fingerprint density at radius 2 is 2.35 bits per heavy atom. The zero-order valence-electron chi connectivity index (χ0n) is 10.7. The van der Waals surface area contributed by atoms with E-state index >= 15 is 0 Å². The Balaban J connectivity index is 2.48. The second kappa shape index (κ2) is 6.24. The van der Waals surface area contributed by atoms with Gasteiger partial charge in [-0.15, -0.1) is 0 Å². The minimum absolute atomic E-state index is 0.187. The number of nitrogens with one attached hydrogen (secondary N) is 1. The molecule has 1 N–H and O–H groups in total. The van der Waals surface area contributed by atoms with Gasteiger partial charge < -0.3 is 19.4 Å². The molecular formula is C11H19N3O3. The molecule has 96 valence electrons. The summed E-state index contributed by atoms with van der Waals surface area (Å²) in [6, 6.07) is 0.676. The summed E-state index contributed by atoms with van der Waals surface area (Å²) in [5.74, 6) is -0.468. The van der Waals surface area contributed by atoms with Crippen LogP contribution in [0.1, 0.15) is 24.3 Å². The van der Waals surface area contributed by atoms with Gasteiger partial charge in [-0.05, 0) is 27.9 Å². The molecule has 1 unspecified atom stereocenters. The largest absolute Gasteiger partial charge is 0.461 e. The lowest BCUT2D eigenvalue weighted by molar-refractivity contribution is 0.0519. The topological polar surface area (TPSA) is 67.6 Å². The molecular weight excluding hydrogens is 222 g/mol. The maximum absolute atomic E-state index is 11.3. The first-order valence-corrected chi connectivity index (χ1v) is 5.57. The summed E-state index contributed by atoms with van der Waals surface area (Å²) in [6.07, 6.45) is 1.29. The molecule has 0 radical (unpaired) electrons. The molecule has 0 amide bonds. The van der Waals surface area contributed by atoms with E-state index in [0.717, 1.165) is 0 Å². The lowest BCUT2D eigenvalue weighted by Gasteiger charge is -2.19. The van der Waals surface area contributed by atoms with Gasteiger partial charge in [0.2, 0.25) is 0 Å². The van der Waals surface area contributed by atoms with Crippen molar-refractivity contribution in [2.45, 2.75) is 19.9 Å². The van der Waals surface area contributed by atoms with Gasteiger partial charge in [-0.1, -0.05) is 0 Å². The monoisotopic (exact) mass is 241 g/mol. The molecule has 1 heterocycles. The summed E-state index contributed by atoms with van der Waals surface area (Å²) >= 11 is 0. The van der Waals surface area contributed by atoms with Crippen LogP contribution in [0.3, 0.4) is 0 Å². The van der Waals surface area contributed by atoms with Crippen LogP contribution < -0.4 is 5.32 Å². The molecule has 1 rings (SSSR count). The molecule has 6 heteroatoms. The van der Waals surface area contributed by atoms with Gasteiger partial charge in [0, 0.05) is 12.6 Å². The van der Waals surface area contributed by atoms with E-state index in [2.05, 4.69) is 22.1 Å². The summed E-state index contributed by atoms with van der Waals surface area (Å²) in [7, 11) is 3.98. The number of carbonyl (C=O) groups excluding carboxylic acids is 1. The van der Waals surface area contributed by atoms with Gasteiger partial charge in [-0.25, -0.2) is 4.79 Å². The number of hydrogen-bond acceptors (Lipinski definition) is 6. The van der Waals surface area contributed by atoms with E-state index in [1.807, 2.05) is 14.1 Å². The van der Waals surface area contributed by atoms with Gasteiger partial charge in [0.25, 0.3) is 6.01 Å². The number of ether oxygens (including phenoxy) is 1. The zero-order valence-corrected chi connectivity index (χ0v) is 10.7. The summed E-state index contributed by atoms with van der Waals surface area (Å²) in [5, 5.41) is 3.02. The quantitative estimate of drug-likeness (QED) is 0.755. The minimum atomic E-state index is -0.468. The van der Waals surface area contributed by atoms with Crippen LogP contribution in [0.5, 0.6) is 0 Å². The number of oxazole rings is 1. The molecule has 1 aromatic heterocycles. The van der Waals surface area contributed by atoms with E-state index in [1.54, 1.807) is 6.92 Å². The lowest BCUT2D eigenvalue weighted by Crippen LogP contribution is -2.31. The van der Waals surface area contributed by atoms with Crippen molar-refractivity contribution in [2.75, 3.05) is 32.6 Å². The normalized spacial score (nSPS) is 12.5. The Labute approximate surface area is 101 Å². The number of esters is 1. The third-order valence-corrected chi connectivity index (χ3v) is 2.42. The Morgan fingerprint density at radius 1 is 1.65 bits per heavy atom. The van der Waals surface area contributed by atoms with Crippen molar-refractivity contribution in [3.8, 4) is 0 Å². The Kier molecular flexibility index (Phi) is 4.96. The molecule has 0 saturated carbocycles. The fourth-order valence-electron chi connectivity index (χ4n) is 1.07. The third-order valence-electron chi connectivity index (χ3n) is 2.42. The molecule has 0 aliphatic rings. The van der Waals surface area contributed by atoms with Crippen LogP contribution in [0, 0.1) is 0 Å². The van der Waals surface area contributed by atoms with Gasteiger partial charge in [-0.3, -0.25) is 0 Å². The number of carbonyl (C=O) groups is 1. The highest BCUT2D eigenvalue weighted by Crippen LogP contribution is 2.09. The first kappa shape index (κ1) is 13.5. The van der Waals surface area contributed by atoms with E-state index < -0.39 is 5.97 Å². The first-order valence-electron chi connectivity index (χ1n) is 5.57. The molecule has 17 heavy (non-hydrogen) atoms. The summed E-state index contributed by atoms with van der Waals surface area (Å²) in [4.78, 5) is 17.4. The predicted molar refractivity (Wildman–Crippen MR) is 64.1 cm³/mol. The standard InChI is InChI=1S/C11H19N3O3/c1-5-16-10(15)9-7-17-11(13-9)12-6-8(2)14(3)4/h7-8H,5-6H2,1-4H3,(H,12,13). The van der Waals surface area contributed by atoms with Gasteiger partial charge in [0.15, 0.2) is 5.69 Å². The van der Waals surface area contributed by atoms with Crippen LogP contribution in [-0.2, 0) is 4.74 Å². The molecule has 0 fully saturated rings. The molecule has 0 aliphatic heterocycles. The number of nitrogens with zero attached hydrogens (tertiary/aromatic N) is 2. The van der Waals surface area contributed by atoms with Crippen molar-refractivity contribution in [1.29, 1.82) is 0 Å². The second-order valence-electron chi connectivity index (χ2n) is 3.95. The molecule has 0 spiro atoms. The van der Waals surface area contributed by atoms with Crippen LogP contribution in [0.25, 0.3) is 0 Å². The van der Waals surface area contributed by atoms with Crippen LogP contribution in [0.15, 0.2) is 10.7 Å². The lowest BCUT2D eigenvalue weighted by atomic mass is 10.3. The smallest absolute Gasteiger partial charge is 0.360 e. The average Bonchev–Trinajstić information content (AvgIpc) is 2.74. The zero-order chi connectivity index (χ0) is 12.8. The van der Waals surface area contributed by atoms with Crippen LogP contribution in [0.2, 0.25) is 0 Å². The van der Waals surface area contributed by atoms with E-state index in [0.29, 0.717) is 25.2 Å². The highest BCUT2D eigenvalue weighted by atomic mass is 16.5. The Bertz CT molecular complexity index is 363. The maximum Gasteiger partial charge on any atom is 0.360 e. The molecule has 0 bridgehead atoms. The van der Waals surface area contributed by atoms with Crippen molar-refractivity contribution in [1.82, 2.24) is 9.88 Å². The highest BCUT2D eigenvalue weighted by Gasteiger charge is 2.13. The van der Waals surface area contributed by atoms with Gasteiger partial charge in [-0.2, -0.15) is 4.98 Å². The van der Waals surface area contributed by atoms with E-state index in [4.69, 9.17) is 9.15 Å². The summed E-state index contributed by atoms with van der Waals surface area (Å²) in [6.45, 7) is 4.83. The fraction of sp³-hybridized carbons (Fsp3) is 0.636.